The summed E-state index contributed by atoms with van der Waals surface area (Å²) < 4.78 is 16.8. The van der Waals surface area contributed by atoms with Crippen LogP contribution in [-0.4, -0.2) is 36.4 Å². The van der Waals surface area contributed by atoms with Crippen molar-refractivity contribution in [3.8, 4) is 11.5 Å². The Morgan fingerprint density at radius 1 is 1.10 bits per heavy atom. The fourth-order valence-corrected chi connectivity index (χ4v) is 9.57. The number of ether oxygens (including phenoxy) is 3. The van der Waals surface area contributed by atoms with Crippen molar-refractivity contribution in [2.24, 2.45) is 29.6 Å². The molecule has 156 valence electrons. The lowest BCUT2D eigenvalue weighted by atomic mass is 9.68. The van der Waals surface area contributed by atoms with Gasteiger partial charge in [0, 0.05) is 16.0 Å². The number of aromatic amines is 1. The first-order valence-electron chi connectivity index (χ1n) is 9.89. The van der Waals surface area contributed by atoms with Gasteiger partial charge in [-0.25, -0.2) is 0 Å². The van der Waals surface area contributed by atoms with Gasteiger partial charge in [0.1, 0.15) is 0 Å². The van der Waals surface area contributed by atoms with Crippen LogP contribution < -0.4 is 9.47 Å². The number of carbonyl (C=O) groups is 2. The summed E-state index contributed by atoms with van der Waals surface area (Å²) in [5, 5.41) is 1.34. The van der Waals surface area contributed by atoms with Gasteiger partial charge in [-0.3, -0.25) is 9.59 Å². The Kier molecular flexibility index (Phi) is 4.14. The zero-order valence-electron chi connectivity index (χ0n) is 16.2. The SMILES string of the molecule is COc1ccc(C2c3sc(=S)[nH]c3SC3C4CC(C5C(=O)OC(=O)C45)C23)cc1OC. The minimum absolute atomic E-state index is 0.0865. The number of thiazole rings is 1. The van der Waals surface area contributed by atoms with E-state index in [2.05, 4.69) is 11.1 Å². The number of hydrogen-bond acceptors (Lipinski definition) is 8. The lowest BCUT2D eigenvalue weighted by molar-refractivity contribution is -0.154. The fourth-order valence-electron chi connectivity index (χ4n) is 6.23. The number of rotatable bonds is 3. The molecule has 6 nitrogen and oxygen atoms in total. The molecule has 0 radical (unpaired) electrons. The van der Waals surface area contributed by atoms with E-state index < -0.39 is 0 Å². The van der Waals surface area contributed by atoms with Crippen molar-refractivity contribution in [3.63, 3.8) is 0 Å². The molecule has 30 heavy (non-hydrogen) atoms. The molecule has 1 aromatic carbocycles. The third-order valence-corrected chi connectivity index (χ3v) is 10.2. The Morgan fingerprint density at radius 3 is 2.57 bits per heavy atom. The first-order chi connectivity index (χ1) is 14.5. The Balaban J connectivity index is 1.51. The van der Waals surface area contributed by atoms with Crippen LogP contribution in [0.25, 0.3) is 0 Å². The molecule has 2 saturated carbocycles. The van der Waals surface area contributed by atoms with Crippen LogP contribution in [-0.2, 0) is 14.3 Å². The number of nitrogens with one attached hydrogen (secondary N) is 1. The molecule has 3 heterocycles. The summed E-state index contributed by atoms with van der Waals surface area (Å²) in [5.41, 5.74) is 1.12. The van der Waals surface area contributed by atoms with Crippen molar-refractivity contribution < 1.29 is 23.8 Å². The third kappa shape index (κ3) is 2.39. The molecular weight excluding hydrogens is 442 g/mol. The summed E-state index contributed by atoms with van der Waals surface area (Å²) in [4.78, 5) is 29.4. The molecule has 2 aromatic rings. The number of aromatic nitrogens is 1. The molecule has 7 atom stereocenters. The van der Waals surface area contributed by atoms with Crippen LogP contribution in [0, 0.1) is 33.5 Å². The first kappa shape index (κ1) is 18.9. The molecule has 6 rings (SSSR count). The van der Waals surface area contributed by atoms with E-state index in [4.69, 9.17) is 26.4 Å². The van der Waals surface area contributed by atoms with Gasteiger partial charge in [-0.2, -0.15) is 0 Å². The van der Waals surface area contributed by atoms with E-state index in [9.17, 15) is 9.59 Å². The standard InChI is InChI=1S/C21H19NO5S3/c1-25-10-4-3-7(5-11(10)26-2)12-13-8-6-9(15-14(8)19(23)27-20(15)24)16(13)29-18-17(12)30-21(28)22-18/h3-5,8-9,12-16H,6H2,1-2H3,(H,22,28). The highest BCUT2D eigenvalue weighted by Crippen LogP contribution is 2.68. The van der Waals surface area contributed by atoms with Crippen molar-refractivity contribution >= 4 is 47.3 Å². The summed E-state index contributed by atoms with van der Waals surface area (Å²) in [6.07, 6.45) is 0.901. The summed E-state index contributed by atoms with van der Waals surface area (Å²) in [6, 6.07) is 6.04. The van der Waals surface area contributed by atoms with Gasteiger partial charge >= 0.3 is 11.9 Å². The fraction of sp³-hybridized carbons (Fsp3) is 0.476. The Morgan fingerprint density at radius 2 is 1.83 bits per heavy atom. The smallest absolute Gasteiger partial charge is 0.317 e. The molecule has 3 fully saturated rings. The van der Waals surface area contributed by atoms with Gasteiger partial charge in [0.05, 0.1) is 31.1 Å². The molecule has 7 unspecified atom stereocenters. The van der Waals surface area contributed by atoms with Crippen LogP contribution in [0.3, 0.4) is 0 Å². The number of methoxy groups -OCH3 is 2. The van der Waals surface area contributed by atoms with Crippen molar-refractivity contribution in [2.75, 3.05) is 14.2 Å². The molecule has 2 aliphatic carbocycles. The van der Waals surface area contributed by atoms with Gasteiger partial charge in [0.15, 0.2) is 15.5 Å². The maximum absolute atomic E-state index is 12.5. The average molecular weight is 462 g/mol. The summed E-state index contributed by atoms with van der Waals surface area (Å²) in [6.45, 7) is 0. The van der Waals surface area contributed by atoms with Crippen LogP contribution in [0.2, 0.25) is 0 Å². The van der Waals surface area contributed by atoms with E-state index >= 15 is 0 Å². The van der Waals surface area contributed by atoms with Gasteiger partial charge in [-0.15, -0.1) is 23.1 Å². The highest BCUT2D eigenvalue weighted by atomic mass is 32.2. The Bertz CT molecular complexity index is 1140. The monoisotopic (exact) mass is 461 g/mol. The van der Waals surface area contributed by atoms with Gasteiger partial charge in [0.25, 0.3) is 0 Å². The number of cyclic esters (lactones) is 2. The molecule has 0 amide bonds. The number of H-pyrrole nitrogens is 1. The highest BCUT2D eigenvalue weighted by molar-refractivity contribution is 8.00. The molecule has 1 aromatic heterocycles. The first-order valence-corrected chi connectivity index (χ1v) is 12.0. The second kappa shape index (κ2) is 6.58. The number of benzene rings is 1. The number of hydrogen-bond donors (Lipinski definition) is 1. The number of carbonyl (C=O) groups excluding carboxylic acids is 2. The molecule has 1 N–H and O–H groups in total. The van der Waals surface area contributed by atoms with E-state index in [1.54, 1.807) is 37.3 Å². The molecular formula is C21H19NO5S3. The summed E-state index contributed by atoms with van der Waals surface area (Å²) in [7, 11) is 3.26. The molecule has 0 spiro atoms. The maximum atomic E-state index is 12.5. The van der Waals surface area contributed by atoms with Crippen molar-refractivity contribution in [3.05, 3.63) is 32.6 Å². The van der Waals surface area contributed by atoms with Gasteiger partial charge < -0.3 is 19.2 Å². The predicted octanol–water partition coefficient (Wildman–Crippen LogP) is 4.01. The van der Waals surface area contributed by atoms with E-state index in [0.717, 1.165) is 21.0 Å². The predicted molar refractivity (Wildman–Crippen MR) is 114 cm³/mol. The second-order valence-corrected chi connectivity index (χ2v) is 11.2. The quantitative estimate of drug-likeness (QED) is 0.420. The number of esters is 2. The van der Waals surface area contributed by atoms with E-state index in [1.807, 2.05) is 12.1 Å². The van der Waals surface area contributed by atoms with Gasteiger partial charge in [0.2, 0.25) is 0 Å². The summed E-state index contributed by atoms with van der Waals surface area (Å²) >= 11 is 8.87. The molecule has 2 bridgehead atoms. The van der Waals surface area contributed by atoms with Crippen molar-refractivity contribution in [1.29, 1.82) is 0 Å². The van der Waals surface area contributed by atoms with E-state index in [-0.39, 0.29) is 52.7 Å². The number of fused-ring (bicyclic) bond motifs is 9. The summed E-state index contributed by atoms with van der Waals surface area (Å²) in [5.74, 6) is 0.735. The van der Waals surface area contributed by atoms with Crippen LogP contribution in [0.4, 0.5) is 0 Å². The molecule has 1 saturated heterocycles. The Labute approximate surface area is 186 Å². The lowest BCUT2D eigenvalue weighted by Crippen LogP contribution is -2.42. The van der Waals surface area contributed by atoms with E-state index in [1.165, 1.54) is 4.88 Å². The van der Waals surface area contributed by atoms with Crippen molar-refractivity contribution in [1.82, 2.24) is 4.98 Å². The van der Waals surface area contributed by atoms with Crippen LogP contribution >= 0.6 is 35.3 Å². The van der Waals surface area contributed by atoms with Gasteiger partial charge in [-0.05, 0) is 54.1 Å². The second-order valence-electron chi connectivity index (χ2n) is 8.31. The minimum Gasteiger partial charge on any atom is -0.493 e. The molecule has 9 heteroatoms. The zero-order chi connectivity index (χ0) is 20.7. The van der Waals surface area contributed by atoms with Crippen LogP contribution in [0.15, 0.2) is 23.2 Å². The number of thioether (sulfide) groups is 1. The average Bonchev–Trinajstić information content (AvgIpc) is 3.46. The van der Waals surface area contributed by atoms with Crippen molar-refractivity contribution in [2.45, 2.75) is 22.6 Å². The van der Waals surface area contributed by atoms with Gasteiger partial charge in [-0.1, -0.05) is 6.07 Å². The van der Waals surface area contributed by atoms with Crippen LogP contribution in [0.5, 0.6) is 11.5 Å². The minimum atomic E-state index is -0.334. The molecule has 4 aliphatic rings. The third-order valence-electron chi connectivity index (χ3n) is 7.23. The largest absolute Gasteiger partial charge is 0.493 e. The maximum Gasteiger partial charge on any atom is 0.317 e. The lowest BCUT2D eigenvalue weighted by Gasteiger charge is -2.42. The molecule has 2 aliphatic heterocycles. The zero-order valence-corrected chi connectivity index (χ0v) is 18.7. The highest BCUT2D eigenvalue weighted by Gasteiger charge is 2.69. The van der Waals surface area contributed by atoms with E-state index in [0.29, 0.717) is 11.5 Å². The normalized spacial score (nSPS) is 35.6. The van der Waals surface area contributed by atoms with Crippen LogP contribution in [0.1, 0.15) is 22.8 Å². The topological polar surface area (TPSA) is 77.6 Å². The Hall–Kier alpha value is -1.84.